The van der Waals surface area contributed by atoms with Gasteiger partial charge >= 0.3 is 0 Å². The van der Waals surface area contributed by atoms with Crippen LogP contribution in [0.4, 0.5) is 0 Å². The third-order valence-corrected chi connectivity index (χ3v) is 4.60. The van der Waals surface area contributed by atoms with E-state index < -0.39 is 0 Å². The highest BCUT2D eigenvalue weighted by Crippen LogP contribution is 2.24. The van der Waals surface area contributed by atoms with Crippen LogP contribution in [0, 0.1) is 5.92 Å². The molecule has 0 aliphatic carbocycles. The lowest BCUT2D eigenvalue weighted by Crippen LogP contribution is -2.50. The van der Waals surface area contributed by atoms with Gasteiger partial charge in [0.15, 0.2) is 0 Å². The normalized spacial score (nSPS) is 27.8. The number of nitrogens with one attached hydrogen (secondary N) is 1. The quantitative estimate of drug-likeness (QED) is 0.733. The molecule has 3 nitrogen and oxygen atoms in total. The topological polar surface area (TPSA) is 41.3 Å². The maximum Gasteiger partial charge on any atom is 0.0197 e. The molecule has 2 rings (SSSR count). The summed E-state index contributed by atoms with van der Waals surface area (Å²) in [7, 11) is 0. The monoisotopic (exact) mass is 229 g/mol. The minimum atomic E-state index is 0.406. The standard InChI is InChI=1S/C11H23N3S/c12-11(10-1-7-15-8-2-10)9-14-5-3-13-4-6-14/h10-11,13H,1-9,12H2. The molecule has 0 aromatic carbocycles. The number of hydrogen-bond donors (Lipinski definition) is 2. The fourth-order valence-corrected chi connectivity index (χ4v) is 3.63. The van der Waals surface area contributed by atoms with Crippen LogP contribution in [0.25, 0.3) is 0 Å². The second-order valence-corrected chi connectivity index (χ2v) is 5.89. The number of nitrogens with zero attached hydrogens (tertiary/aromatic N) is 1. The van der Waals surface area contributed by atoms with Crippen LogP contribution in [0.1, 0.15) is 12.8 Å². The molecule has 2 aliphatic heterocycles. The summed E-state index contributed by atoms with van der Waals surface area (Å²) in [6, 6.07) is 0.406. The van der Waals surface area contributed by atoms with Gasteiger partial charge in [0.25, 0.3) is 0 Å². The van der Waals surface area contributed by atoms with Crippen LogP contribution in [0.3, 0.4) is 0 Å². The fourth-order valence-electron chi connectivity index (χ4n) is 2.48. The molecule has 0 spiro atoms. The third kappa shape index (κ3) is 3.63. The Morgan fingerprint density at radius 2 is 1.93 bits per heavy atom. The summed E-state index contributed by atoms with van der Waals surface area (Å²) in [5.74, 6) is 3.42. The van der Waals surface area contributed by atoms with Gasteiger partial charge in [0, 0.05) is 38.8 Å². The van der Waals surface area contributed by atoms with Crippen molar-refractivity contribution in [3.63, 3.8) is 0 Å². The number of hydrogen-bond acceptors (Lipinski definition) is 4. The third-order valence-electron chi connectivity index (χ3n) is 3.55. The number of nitrogens with two attached hydrogens (primary N) is 1. The molecule has 2 fully saturated rings. The van der Waals surface area contributed by atoms with Crippen LogP contribution in [-0.2, 0) is 0 Å². The Hall–Kier alpha value is 0.230. The Labute approximate surface area is 97.1 Å². The van der Waals surface area contributed by atoms with E-state index in [-0.39, 0.29) is 0 Å². The molecule has 1 atom stereocenters. The lowest BCUT2D eigenvalue weighted by Gasteiger charge is -2.34. The van der Waals surface area contributed by atoms with Crippen LogP contribution in [0.5, 0.6) is 0 Å². The maximum atomic E-state index is 6.31. The van der Waals surface area contributed by atoms with Crippen molar-refractivity contribution in [2.45, 2.75) is 18.9 Å². The highest BCUT2D eigenvalue weighted by molar-refractivity contribution is 7.99. The van der Waals surface area contributed by atoms with Gasteiger partial charge in [-0.15, -0.1) is 0 Å². The summed E-state index contributed by atoms with van der Waals surface area (Å²) in [5.41, 5.74) is 6.31. The molecule has 2 heterocycles. The van der Waals surface area contributed by atoms with Crippen molar-refractivity contribution in [2.75, 3.05) is 44.2 Å². The van der Waals surface area contributed by atoms with Crippen LogP contribution in [0.2, 0.25) is 0 Å². The van der Waals surface area contributed by atoms with Crippen molar-refractivity contribution < 1.29 is 0 Å². The Morgan fingerprint density at radius 3 is 2.60 bits per heavy atom. The molecule has 4 heteroatoms. The second-order valence-electron chi connectivity index (χ2n) is 4.66. The number of rotatable bonds is 3. The molecule has 15 heavy (non-hydrogen) atoms. The minimum absolute atomic E-state index is 0.406. The highest BCUT2D eigenvalue weighted by Gasteiger charge is 2.23. The molecule has 88 valence electrons. The molecule has 0 radical (unpaired) electrons. The van der Waals surface area contributed by atoms with E-state index in [0.717, 1.165) is 25.6 Å². The molecular formula is C11H23N3S. The zero-order valence-electron chi connectivity index (χ0n) is 9.45. The molecule has 0 aromatic heterocycles. The van der Waals surface area contributed by atoms with Gasteiger partial charge in [0.1, 0.15) is 0 Å². The van der Waals surface area contributed by atoms with E-state index in [1.165, 1.54) is 37.4 Å². The van der Waals surface area contributed by atoms with Crippen molar-refractivity contribution in [3.05, 3.63) is 0 Å². The molecule has 0 saturated carbocycles. The molecule has 1 unspecified atom stereocenters. The molecule has 0 bridgehead atoms. The van der Waals surface area contributed by atoms with Crippen molar-refractivity contribution in [1.29, 1.82) is 0 Å². The van der Waals surface area contributed by atoms with Gasteiger partial charge in [-0.1, -0.05) is 0 Å². The van der Waals surface area contributed by atoms with E-state index >= 15 is 0 Å². The summed E-state index contributed by atoms with van der Waals surface area (Å²) in [5, 5.41) is 3.38. The lowest BCUT2D eigenvalue weighted by atomic mass is 9.94. The average Bonchev–Trinajstić information content (AvgIpc) is 2.31. The molecule has 0 amide bonds. The van der Waals surface area contributed by atoms with E-state index in [1.54, 1.807) is 0 Å². The van der Waals surface area contributed by atoms with Gasteiger partial charge in [-0.2, -0.15) is 11.8 Å². The van der Waals surface area contributed by atoms with Gasteiger partial charge in [-0.25, -0.2) is 0 Å². The molecule has 2 aliphatic rings. The number of thioether (sulfide) groups is 1. The molecular weight excluding hydrogens is 206 g/mol. The van der Waals surface area contributed by atoms with E-state index in [9.17, 15) is 0 Å². The van der Waals surface area contributed by atoms with E-state index in [2.05, 4.69) is 22.0 Å². The molecule has 2 saturated heterocycles. The first kappa shape index (κ1) is 11.7. The first-order valence-electron chi connectivity index (χ1n) is 6.12. The summed E-state index contributed by atoms with van der Waals surface area (Å²) in [6.07, 6.45) is 2.66. The maximum absolute atomic E-state index is 6.31. The Bertz CT molecular complexity index is 177. The van der Waals surface area contributed by atoms with Crippen molar-refractivity contribution >= 4 is 11.8 Å². The van der Waals surface area contributed by atoms with E-state index in [1.807, 2.05) is 0 Å². The van der Waals surface area contributed by atoms with Crippen LogP contribution in [0.15, 0.2) is 0 Å². The van der Waals surface area contributed by atoms with Crippen molar-refractivity contribution in [1.82, 2.24) is 10.2 Å². The van der Waals surface area contributed by atoms with Crippen molar-refractivity contribution in [2.24, 2.45) is 11.7 Å². The van der Waals surface area contributed by atoms with Gasteiger partial charge in [-0.05, 0) is 30.3 Å². The van der Waals surface area contributed by atoms with Gasteiger partial charge in [-0.3, -0.25) is 4.90 Å². The minimum Gasteiger partial charge on any atom is -0.326 e. The largest absolute Gasteiger partial charge is 0.326 e. The first-order valence-corrected chi connectivity index (χ1v) is 7.28. The Kier molecular flexibility index (Phi) is 4.75. The summed E-state index contributed by atoms with van der Waals surface area (Å²) >= 11 is 2.08. The van der Waals surface area contributed by atoms with Crippen LogP contribution >= 0.6 is 11.8 Å². The zero-order valence-corrected chi connectivity index (χ0v) is 10.3. The number of piperazine rings is 1. The summed E-state index contributed by atoms with van der Waals surface area (Å²) in [4.78, 5) is 2.52. The van der Waals surface area contributed by atoms with Gasteiger partial charge < -0.3 is 11.1 Å². The fraction of sp³-hybridized carbons (Fsp3) is 1.00. The van der Waals surface area contributed by atoms with E-state index in [4.69, 9.17) is 5.73 Å². The Morgan fingerprint density at radius 1 is 1.27 bits per heavy atom. The predicted octanol–water partition coefficient (Wildman–Crippen LogP) is 0.362. The average molecular weight is 229 g/mol. The summed E-state index contributed by atoms with van der Waals surface area (Å²) in [6.45, 7) is 5.72. The van der Waals surface area contributed by atoms with Crippen LogP contribution < -0.4 is 11.1 Å². The Balaban J connectivity index is 1.72. The predicted molar refractivity (Wildman–Crippen MR) is 67.3 cm³/mol. The van der Waals surface area contributed by atoms with Gasteiger partial charge in [0.05, 0.1) is 0 Å². The highest BCUT2D eigenvalue weighted by atomic mass is 32.2. The molecule has 0 aromatic rings. The summed E-state index contributed by atoms with van der Waals surface area (Å²) < 4.78 is 0. The molecule has 3 N–H and O–H groups in total. The first-order chi connectivity index (χ1) is 7.36. The lowest BCUT2D eigenvalue weighted by molar-refractivity contribution is 0.202. The van der Waals surface area contributed by atoms with Crippen molar-refractivity contribution in [3.8, 4) is 0 Å². The zero-order chi connectivity index (χ0) is 10.5. The van der Waals surface area contributed by atoms with Crippen LogP contribution in [-0.4, -0.2) is 55.2 Å². The van der Waals surface area contributed by atoms with E-state index in [0.29, 0.717) is 6.04 Å². The van der Waals surface area contributed by atoms with Gasteiger partial charge in [0.2, 0.25) is 0 Å². The SMILES string of the molecule is NC(CN1CCNCC1)C1CCSCC1. The second kappa shape index (κ2) is 6.09. The smallest absolute Gasteiger partial charge is 0.0197 e.